The van der Waals surface area contributed by atoms with Crippen molar-refractivity contribution in [3.05, 3.63) is 51.0 Å². The maximum absolute atomic E-state index is 11.9. The van der Waals surface area contributed by atoms with E-state index < -0.39 is 5.63 Å². The summed E-state index contributed by atoms with van der Waals surface area (Å²) in [6, 6.07) is 8.95. The van der Waals surface area contributed by atoms with Gasteiger partial charge in [-0.1, -0.05) is 18.2 Å². The third-order valence-corrected chi connectivity index (χ3v) is 3.31. The Morgan fingerprint density at radius 1 is 1.32 bits per heavy atom. The van der Waals surface area contributed by atoms with Crippen LogP contribution in [0.1, 0.15) is 0 Å². The first-order valence-electron chi connectivity index (χ1n) is 5.35. The van der Waals surface area contributed by atoms with Crippen LogP contribution in [0.3, 0.4) is 0 Å². The number of benzene rings is 1. The molecule has 19 heavy (non-hydrogen) atoms. The molecule has 0 aliphatic heterocycles. The molecule has 1 aromatic carbocycles. The lowest BCUT2D eigenvalue weighted by Gasteiger charge is -1.98. The summed E-state index contributed by atoms with van der Waals surface area (Å²) in [6.45, 7) is 0. The van der Waals surface area contributed by atoms with Gasteiger partial charge in [-0.3, -0.25) is 0 Å². The maximum Gasteiger partial charge on any atom is 0.345 e. The number of anilines is 1. The highest BCUT2D eigenvalue weighted by Gasteiger charge is 2.11. The van der Waals surface area contributed by atoms with E-state index in [-0.39, 0.29) is 0 Å². The molecule has 3 rings (SSSR count). The highest BCUT2D eigenvalue weighted by molar-refractivity contribution is 7.14. The SMILES string of the molecule is O=NNc1nc(-c2cc3ccccc3oc2=O)cs1. The molecule has 3 aromatic rings. The number of thiazole rings is 1. The van der Waals surface area contributed by atoms with Crippen LogP contribution in [0.2, 0.25) is 0 Å². The van der Waals surface area contributed by atoms with Crippen molar-refractivity contribution in [1.82, 2.24) is 4.98 Å². The summed E-state index contributed by atoms with van der Waals surface area (Å²) >= 11 is 1.19. The normalized spacial score (nSPS) is 10.5. The van der Waals surface area contributed by atoms with Gasteiger partial charge in [0.2, 0.25) is 5.13 Å². The molecular weight excluding hydrogens is 266 g/mol. The first-order chi connectivity index (χ1) is 9.28. The molecule has 0 aliphatic carbocycles. The zero-order valence-electron chi connectivity index (χ0n) is 9.49. The predicted molar refractivity (Wildman–Crippen MR) is 73.0 cm³/mol. The van der Waals surface area contributed by atoms with Crippen molar-refractivity contribution in [2.24, 2.45) is 5.29 Å². The number of aromatic nitrogens is 1. The zero-order chi connectivity index (χ0) is 13.2. The molecule has 0 aliphatic rings. The summed E-state index contributed by atoms with van der Waals surface area (Å²) < 4.78 is 5.22. The molecule has 1 N–H and O–H groups in total. The van der Waals surface area contributed by atoms with E-state index >= 15 is 0 Å². The smallest absolute Gasteiger partial charge is 0.345 e. The average molecular weight is 273 g/mol. The van der Waals surface area contributed by atoms with Crippen LogP contribution in [-0.4, -0.2) is 4.98 Å². The number of hydrogen-bond acceptors (Lipinski definition) is 6. The molecule has 0 spiro atoms. The highest BCUT2D eigenvalue weighted by Crippen LogP contribution is 2.25. The van der Waals surface area contributed by atoms with Gasteiger partial charge in [-0.15, -0.1) is 16.2 Å². The molecule has 0 fully saturated rings. The molecule has 0 atom stereocenters. The summed E-state index contributed by atoms with van der Waals surface area (Å²) in [5, 5.41) is 5.34. The van der Waals surface area contributed by atoms with Gasteiger partial charge in [0.15, 0.2) is 0 Å². The molecule has 94 valence electrons. The molecule has 0 bridgehead atoms. The number of nitrogens with one attached hydrogen (secondary N) is 1. The van der Waals surface area contributed by atoms with Gasteiger partial charge in [-0.2, -0.15) is 0 Å². The Morgan fingerprint density at radius 2 is 2.16 bits per heavy atom. The second kappa shape index (κ2) is 4.62. The van der Waals surface area contributed by atoms with E-state index in [0.717, 1.165) is 5.39 Å². The van der Waals surface area contributed by atoms with Crippen molar-refractivity contribution in [2.45, 2.75) is 0 Å². The summed E-state index contributed by atoms with van der Waals surface area (Å²) in [4.78, 5) is 26.1. The zero-order valence-corrected chi connectivity index (χ0v) is 10.3. The lowest BCUT2D eigenvalue weighted by Crippen LogP contribution is -2.02. The van der Waals surface area contributed by atoms with E-state index in [0.29, 0.717) is 22.0 Å². The van der Waals surface area contributed by atoms with Crippen LogP contribution in [0.4, 0.5) is 5.13 Å². The minimum Gasteiger partial charge on any atom is -0.422 e. The highest BCUT2D eigenvalue weighted by atomic mass is 32.1. The number of nitrogens with zero attached hydrogens (tertiary/aromatic N) is 2. The van der Waals surface area contributed by atoms with Gasteiger partial charge in [0.25, 0.3) is 0 Å². The first-order valence-corrected chi connectivity index (χ1v) is 6.23. The maximum atomic E-state index is 11.9. The lowest BCUT2D eigenvalue weighted by molar-refractivity contribution is 0.563. The molecule has 2 heterocycles. The topological polar surface area (TPSA) is 84.6 Å². The Morgan fingerprint density at radius 3 is 3.00 bits per heavy atom. The lowest BCUT2D eigenvalue weighted by atomic mass is 10.1. The van der Waals surface area contributed by atoms with E-state index in [9.17, 15) is 9.70 Å². The molecule has 6 nitrogen and oxygen atoms in total. The largest absolute Gasteiger partial charge is 0.422 e. The standard InChI is InChI=1S/C12H7N3O3S/c16-11-8(9-6-19-12(13-9)14-15-17)5-7-3-1-2-4-10(7)18-11/h1-6H,(H,13,14,17). The second-order valence-corrected chi connectivity index (χ2v) is 4.58. The number of hydrogen-bond donors (Lipinski definition) is 1. The summed E-state index contributed by atoms with van der Waals surface area (Å²) in [7, 11) is 0. The summed E-state index contributed by atoms with van der Waals surface area (Å²) in [5.74, 6) is 0. The minimum atomic E-state index is -0.463. The van der Waals surface area contributed by atoms with Crippen molar-refractivity contribution < 1.29 is 4.42 Å². The minimum absolute atomic E-state index is 0.331. The quantitative estimate of drug-likeness (QED) is 0.450. The Bertz CT molecular complexity index is 809. The van der Waals surface area contributed by atoms with E-state index in [1.54, 1.807) is 23.6 Å². The van der Waals surface area contributed by atoms with Crippen molar-refractivity contribution in [2.75, 3.05) is 5.43 Å². The molecular formula is C12H7N3O3S. The second-order valence-electron chi connectivity index (χ2n) is 3.73. The third-order valence-electron chi connectivity index (χ3n) is 2.56. The number of para-hydroxylation sites is 1. The Kier molecular flexibility index (Phi) is 2.81. The first kappa shape index (κ1) is 11.5. The molecule has 0 saturated heterocycles. The van der Waals surface area contributed by atoms with Gasteiger partial charge in [-0.05, 0) is 12.1 Å². The van der Waals surface area contributed by atoms with Crippen LogP contribution >= 0.6 is 11.3 Å². The fourth-order valence-electron chi connectivity index (χ4n) is 1.73. The Labute approximate surface area is 110 Å². The Hall–Kier alpha value is -2.54. The monoisotopic (exact) mass is 273 g/mol. The molecule has 2 aromatic heterocycles. The molecule has 0 radical (unpaired) electrons. The van der Waals surface area contributed by atoms with Crippen LogP contribution < -0.4 is 11.1 Å². The van der Waals surface area contributed by atoms with Crippen molar-refractivity contribution in [3.8, 4) is 11.3 Å². The van der Waals surface area contributed by atoms with Crippen molar-refractivity contribution in [3.63, 3.8) is 0 Å². The van der Waals surface area contributed by atoms with Crippen LogP contribution in [-0.2, 0) is 0 Å². The van der Waals surface area contributed by atoms with E-state index in [4.69, 9.17) is 4.42 Å². The number of nitroso groups, excluding NO2 is 1. The molecule has 7 heteroatoms. The van der Waals surface area contributed by atoms with Crippen LogP contribution in [0.15, 0.2) is 50.2 Å². The molecule has 0 amide bonds. The van der Waals surface area contributed by atoms with E-state index in [2.05, 4.69) is 15.7 Å². The summed E-state index contributed by atoms with van der Waals surface area (Å²) in [5.41, 5.74) is 3.07. The van der Waals surface area contributed by atoms with Gasteiger partial charge in [0, 0.05) is 10.8 Å². The molecule has 0 saturated carbocycles. The average Bonchev–Trinajstić information content (AvgIpc) is 2.87. The third kappa shape index (κ3) is 2.11. The fourth-order valence-corrected chi connectivity index (χ4v) is 2.37. The van der Waals surface area contributed by atoms with E-state index in [1.165, 1.54) is 11.3 Å². The predicted octanol–water partition coefficient (Wildman–Crippen LogP) is 3.01. The van der Waals surface area contributed by atoms with E-state index in [1.807, 2.05) is 12.1 Å². The van der Waals surface area contributed by atoms with Crippen molar-refractivity contribution >= 4 is 27.4 Å². The van der Waals surface area contributed by atoms with Crippen molar-refractivity contribution in [1.29, 1.82) is 0 Å². The van der Waals surface area contributed by atoms with Gasteiger partial charge < -0.3 is 4.42 Å². The number of rotatable bonds is 3. The van der Waals surface area contributed by atoms with Crippen LogP contribution in [0.25, 0.3) is 22.2 Å². The fraction of sp³-hybridized carbons (Fsp3) is 0. The molecule has 0 unspecified atom stereocenters. The van der Waals surface area contributed by atoms with Crippen LogP contribution in [0.5, 0.6) is 0 Å². The van der Waals surface area contributed by atoms with Crippen LogP contribution in [0, 0.1) is 4.91 Å². The summed E-state index contributed by atoms with van der Waals surface area (Å²) in [6.07, 6.45) is 0. The van der Waals surface area contributed by atoms with Gasteiger partial charge in [0.05, 0.1) is 16.5 Å². The van der Waals surface area contributed by atoms with Gasteiger partial charge >= 0.3 is 5.63 Å². The number of fused-ring (bicyclic) bond motifs is 1. The van der Waals surface area contributed by atoms with Gasteiger partial charge in [0.1, 0.15) is 5.58 Å². The Balaban J connectivity index is 2.15. The van der Waals surface area contributed by atoms with Gasteiger partial charge in [-0.25, -0.2) is 15.2 Å².